The molecule has 0 saturated heterocycles. The molecule has 0 aliphatic heterocycles. The van der Waals surface area contributed by atoms with Crippen molar-refractivity contribution in [1.29, 1.82) is 0 Å². The van der Waals surface area contributed by atoms with E-state index in [0.717, 1.165) is 16.7 Å². The van der Waals surface area contributed by atoms with Crippen molar-refractivity contribution in [3.63, 3.8) is 0 Å². The van der Waals surface area contributed by atoms with E-state index in [1.807, 2.05) is 73.7 Å². The van der Waals surface area contributed by atoms with Gasteiger partial charge in [0.25, 0.3) is 5.91 Å². The van der Waals surface area contributed by atoms with E-state index in [1.165, 1.54) is 5.56 Å². The first-order valence-corrected chi connectivity index (χ1v) is 8.31. The predicted octanol–water partition coefficient (Wildman–Crippen LogP) is 4.36. The zero-order valence-electron chi connectivity index (χ0n) is 14.2. The molecule has 3 aromatic carbocycles. The standard InChI is InChI=1S/C22H21NO2/c1-17-7-9-18(10-8-17)15-23-22(24)16-25-21-13-11-20(12-14-21)19-5-3-2-4-6-19/h2-14H,15-16H2,1H3,(H,23,24). The summed E-state index contributed by atoms with van der Waals surface area (Å²) in [5.41, 5.74) is 4.56. The van der Waals surface area contributed by atoms with Crippen LogP contribution in [0.3, 0.4) is 0 Å². The Morgan fingerprint density at radius 2 is 1.48 bits per heavy atom. The maximum absolute atomic E-state index is 11.9. The number of ether oxygens (including phenoxy) is 1. The monoisotopic (exact) mass is 331 g/mol. The van der Waals surface area contributed by atoms with Crippen LogP contribution in [-0.2, 0) is 11.3 Å². The van der Waals surface area contributed by atoms with Crippen LogP contribution in [0, 0.1) is 6.92 Å². The maximum atomic E-state index is 11.9. The first kappa shape index (κ1) is 16.8. The Kier molecular flexibility index (Phi) is 5.47. The van der Waals surface area contributed by atoms with Crippen LogP contribution in [-0.4, -0.2) is 12.5 Å². The molecule has 0 heterocycles. The van der Waals surface area contributed by atoms with Gasteiger partial charge in [0.15, 0.2) is 6.61 Å². The number of hydrogen-bond acceptors (Lipinski definition) is 2. The molecule has 3 rings (SSSR count). The Hall–Kier alpha value is -3.07. The van der Waals surface area contributed by atoms with Gasteiger partial charge >= 0.3 is 0 Å². The number of amides is 1. The largest absolute Gasteiger partial charge is 0.484 e. The molecule has 0 spiro atoms. The van der Waals surface area contributed by atoms with Crippen molar-refractivity contribution in [2.24, 2.45) is 0 Å². The summed E-state index contributed by atoms with van der Waals surface area (Å²) in [5.74, 6) is 0.554. The lowest BCUT2D eigenvalue weighted by atomic mass is 10.1. The lowest BCUT2D eigenvalue weighted by molar-refractivity contribution is -0.123. The number of carbonyl (C=O) groups is 1. The van der Waals surface area contributed by atoms with Crippen molar-refractivity contribution in [3.8, 4) is 16.9 Å². The van der Waals surface area contributed by atoms with Crippen LogP contribution in [0.25, 0.3) is 11.1 Å². The summed E-state index contributed by atoms with van der Waals surface area (Å²) in [6.07, 6.45) is 0. The molecule has 0 aliphatic rings. The van der Waals surface area contributed by atoms with Crippen molar-refractivity contribution in [1.82, 2.24) is 5.32 Å². The van der Waals surface area contributed by atoms with Crippen LogP contribution in [0.5, 0.6) is 5.75 Å². The van der Waals surface area contributed by atoms with E-state index in [-0.39, 0.29) is 12.5 Å². The number of rotatable bonds is 6. The Balaban J connectivity index is 1.48. The topological polar surface area (TPSA) is 38.3 Å². The average molecular weight is 331 g/mol. The van der Waals surface area contributed by atoms with Crippen LogP contribution in [0.15, 0.2) is 78.9 Å². The van der Waals surface area contributed by atoms with E-state index in [2.05, 4.69) is 17.4 Å². The SMILES string of the molecule is Cc1ccc(CNC(=O)COc2ccc(-c3ccccc3)cc2)cc1. The van der Waals surface area contributed by atoms with E-state index in [4.69, 9.17) is 4.74 Å². The van der Waals surface area contributed by atoms with Gasteiger partial charge in [-0.25, -0.2) is 0 Å². The van der Waals surface area contributed by atoms with Gasteiger partial charge in [0.1, 0.15) is 5.75 Å². The molecule has 3 nitrogen and oxygen atoms in total. The summed E-state index contributed by atoms with van der Waals surface area (Å²) in [6.45, 7) is 2.56. The van der Waals surface area contributed by atoms with Gasteiger partial charge in [-0.15, -0.1) is 0 Å². The lowest BCUT2D eigenvalue weighted by Crippen LogP contribution is -2.28. The molecule has 0 aliphatic carbocycles. The smallest absolute Gasteiger partial charge is 0.258 e. The number of benzene rings is 3. The van der Waals surface area contributed by atoms with Crippen LogP contribution in [0.1, 0.15) is 11.1 Å². The number of nitrogens with one attached hydrogen (secondary N) is 1. The van der Waals surface area contributed by atoms with Crippen molar-refractivity contribution in [2.45, 2.75) is 13.5 Å². The highest BCUT2D eigenvalue weighted by molar-refractivity contribution is 5.77. The van der Waals surface area contributed by atoms with Crippen molar-refractivity contribution >= 4 is 5.91 Å². The zero-order chi connectivity index (χ0) is 17.5. The molecule has 0 aromatic heterocycles. The molecule has 3 aromatic rings. The maximum Gasteiger partial charge on any atom is 0.258 e. The minimum absolute atomic E-state index is 0.0105. The molecule has 0 saturated carbocycles. The minimum Gasteiger partial charge on any atom is -0.484 e. The van der Waals surface area contributed by atoms with Crippen LogP contribution in [0.2, 0.25) is 0 Å². The van der Waals surface area contributed by atoms with Crippen LogP contribution in [0.4, 0.5) is 0 Å². The third-order valence-corrected chi connectivity index (χ3v) is 3.94. The highest BCUT2D eigenvalue weighted by Crippen LogP contribution is 2.21. The summed E-state index contributed by atoms with van der Waals surface area (Å²) >= 11 is 0. The molecule has 3 heteroatoms. The fourth-order valence-electron chi connectivity index (χ4n) is 2.48. The van der Waals surface area contributed by atoms with Gasteiger partial charge in [-0.05, 0) is 35.7 Å². The Morgan fingerprint density at radius 3 is 2.16 bits per heavy atom. The molecular formula is C22H21NO2. The molecule has 1 N–H and O–H groups in total. The third-order valence-electron chi connectivity index (χ3n) is 3.94. The van der Waals surface area contributed by atoms with Gasteiger partial charge in [-0.3, -0.25) is 4.79 Å². The Labute approximate surface area is 148 Å². The second kappa shape index (κ2) is 8.15. The third kappa shape index (κ3) is 4.95. The summed E-state index contributed by atoms with van der Waals surface area (Å²) in [7, 11) is 0. The van der Waals surface area contributed by atoms with Gasteiger partial charge in [0, 0.05) is 6.54 Å². The van der Waals surface area contributed by atoms with Crippen LogP contribution < -0.4 is 10.1 Å². The predicted molar refractivity (Wildman–Crippen MR) is 100 cm³/mol. The van der Waals surface area contributed by atoms with Gasteiger partial charge in [-0.1, -0.05) is 72.3 Å². The molecule has 0 fully saturated rings. The lowest BCUT2D eigenvalue weighted by Gasteiger charge is -2.09. The van der Waals surface area contributed by atoms with Crippen molar-refractivity contribution in [3.05, 3.63) is 90.0 Å². The fraction of sp³-hybridized carbons (Fsp3) is 0.136. The van der Waals surface area contributed by atoms with Crippen molar-refractivity contribution in [2.75, 3.05) is 6.61 Å². The second-order valence-electron chi connectivity index (χ2n) is 5.94. The van der Waals surface area contributed by atoms with Gasteiger partial charge in [0.05, 0.1) is 0 Å². The van der Waals surface area contributed by atoms with Crippen molar-refractivity contribution < 1.29 is 9.53 Å². The molecule has 25 heavy (non-hydrogen) atoms. The van der Waals surface area contributed by atoms with Gasteiger partial charge < -0.3 is 10.1 Å². The highest BCUT2D eigenvalue weighted by atomic mass is 16.5. The average Bonchev–Trinajstić information content (AvgIpc) is 2.67. The Bertz CT molecular complexity index is 809. The fourth-order valence-corrected chi connectivity index (χ4v) is 2.48. The van der Waals surface area contributed by atoms with E-state index < -0.39 is 0 Å². The van der Waals surface area contributed by atoms with E-state index in [1.54, 1.807) is 0 Å². The van der Waals surface area contributed by atoms with Gasteiger partial charge in [0.2, 0.25) is 0 Å². The first-order chi connectivity index (χ1) is 12.2. The van der Waals surface area contributed by atoms with Crippen LogP contribution >= 0.6 is 0 Å². The highest BCUT2D eigenvalue weighted by Gasteiger charge is 2.04. The molecular weight excluding hydrogens is 310 g/mol. The number of carbonyl (C=O) groups excluding carboxylic acids is 1. The summed E-state index contributed by atoms with van der Waals surface area (Å²) in [6, 6.07) is 26.0. The second-order valence-corrected chi connectivity index (χ2v) is 5.94. The molecule has 0 atom stereocenters. The zero-order valence-corrected chi connectivity index (χ0v) is 14.2. The first-order valence-electron chi connectivity index (χ1n) is 8.31. The Morgan fingerprint density at radius 1 is 0.840 bits per heavy atom. The number of hydrogen-bond donors (Lipinski definition) is 1. The van der Waals surface area contributed by atoms with E-state index in [9.17, 15) is 4.79 Å². The minimum atomic E-state index is -0.132. The summed E-state index contributed by atoms with van der Waals surface area (Å²) in [5, 5.41) is 2.86. The molecule has 0 bridgehead atoms. The van der Waals surface area contributed by atoms with E-state index >= 15 is 0 Å². The number of aryl methyl sites for hydroxylation is 1. The quantitative estimate of drug-likeness (QED) is 0.729. The molecule has 126 valence electrons. The molecule has 0 radical (unpaired) electrons. The van der Waals surface area contributed by atoms with E-state index in [0.29, 0.717) is 12.3 Å². The van der Waals surface area contributed by atoms with Gasteiger partial charge in [-0.2, -0.15) is 0 Å². The molecule has 1 amide bonds. The summed E-state index contributed by atoms with van der Waals surface area (Å²) in [4.78, 5) is 11.9. The summed E-state index contributed by atoms with van der Waals surface area (Å²) < 4.78 is 5.55. The molecule has 0 unspecified atom stereocenters. The normalized spacial score (nSPS) is 10.3.